The van der Waals surface area contributed by atoms with Gasteiger partial charge in [-0.05, 0) is 32.1 Å². The van der Waals surface area contributed by atoms with E-state index >= 15 is 0 Å². The third-order valence-electron chi connectivity index (χ3n) is 4.35. The lowest BCUT2D eigenvalue weighted by Gasteiger charge is -2.34. The number of hydrogen-bond acceptors (Lipinski definition) is 2. The number of hydrogen-bond donors (Lipinski definition) is 1. The van der Waals surface area contributed by atoms with Gasteiger partial charge in [-0.1, -0.05) is 18.6 Å². The van der Waals surface area contributed by atoms with E-state index in [1.807, 2.05) is 0 Å². The van der Waals surface area contributed by atoms with E-state index in [0.29, 0.717) is 19.4 Å². The van der Waals surface area contributed by atoms with Gasteiger partial charge in [0.25, 0.3) is 0 Å². The van der Waals surface area contributed by atoms with Gasteiger partial charge in [0, 0.05) is 12.5 Å². The van der Waals surface area contributed by atoms with Gasteiger partial charge in [0.05, 0.1) is 16.9 Å². The summed E-state index contributed by atoms with van der Waals surface area (Å²) in [6.45, 7) is 0.550. The number of carbonyl (C=O) groups excluding carboxylic acids is 1. The maximum absolute atomic E-state index is 12.8. The Labute approximate surface area is 121 Å². The summed E-state index contributed by atoms with van der Waals surface area (Å²) >= 11 is 4.94. The van der Waals surface area contributed by atoms with Crippen molar-refractivity contribution in [1.29, 1.82) is 0 Å². The summed E-state index contributed by atoms with van der Waals surface area (Å²) < 4.78 is 38.4. The van der Waals surface area contributed by atoms with Crippen LogP contribution in [0.5, 0.6) is 0 Å². The molecule has 0 aromatic carbocycles. The predicted octanol–water partition coefficient (Wildman–Crippen LogP) is 2.63. The summed E-state index contributed by atoms with van der Waals surface area (Å²) in [5, 5.41) is 0. The van der Waals surface area contributed by atoms with Crippen molar-refractivity contribution in [1.82, 2.24) is 4.90 Å². The van der Waals surface area contributed by atoms with E-state index in [1.165, 1.54) is 0 Å². The van der Waals surface area contributed by atoms with E-state index in [2.05, 4.69) is 0 Å². The van der Waals surface area contributed by atoms with Crippen LogP contribution in [-0.2, 0) is 4.79 Å². The van der Waals surface area contributed by atoms with Crippen LogP contribution in [0.3, 0.4) is 0 Å². The minimum absolute atomic E-state index is 0.0944. The van der Waals surface area contributed by atoms with Gasteiger partial charge in [-0.3, -0.25) is 4.79 Å². The molecule has 0 spiro atoms. The van der Waals surface area contributed by atoms with Crippen LogP contribution in [0.4, 0.5) is 13.2 Å². The minimum atomic E-state index is -4.20. The molecule has 0 bridgehead atoms. The standard InChI is InChI=1S/C13H19F3N2OS/c14-13(15,16)9-4-1-3-8(7-9)12(19)18-6-2-5-10(18)11(17)20/h8-10H,1-7H2,(H2,17,20). The minimum Gasteiger partial charge on any atom is -0.392 e. The van der Waals surface area contributed by atoms with Crippen LogP contribution >= 0.6 is 12.2 Å². The Hall–Kier alpha value is -0.850. The highest BCUT2D eigenvalue weighted by Gasteiger charge is 2.45. The van der Waals surface area contributed by atoms with Gasteiger partial charge >= 0.3 is 6.18 Å². The number of nitrogens with zero attached hydrogens (tertiary/aromatic N) is 1. The molecule has 1 aliphatic heterocycles. The molecule has 1 heterocycles. The highest BCUT2D eigenvalue weighted by Crippen LogP contribution is 2.41. The summed E-state index contributed by atoms with van der Waals surface area (Å²) in [7, 11) is 0. The van der Waals surface area contributed by atoms with E-state index in [4.69, 9.17) is 18.0 Å². The molecule has 1 aliphatic carbocycles. The Morgan fingerprint density at radius 3 is 2.50 bits per heavy atom. The molecular weight excluding hydrogens is 289 g/mol. The van der Waals surface area contributed by atoms with E-state index in [0.717, 1.165) is 12.8 Å². The molecule has 1 saturated carbocycles. The molecule has 0 aromatic heterocycles. The molecule has 2 fully saturated rings. The number of nitrogens with two attached hydrogens (primary N) is 1. The fourth-order valence-electron chi connectivity index (χ4n) is 3.27. The van der Waals surface area contributed by atoms with E-state index < -0.39 is 18.0 Å². The van der Waals surface area contributed by atoms with Gasteiger partial charge in [0.15, 0.2) is 0 Å². The molecule has 0 aromatic rings. The van der Waals surface area contributed by atoms with Crippen LogP contribution < -0.4 is 5.73 Å². The molecule has 7 heteroatoms. The molecule has 1 amide bonds. The largest absolute Gasteiger partial charge is 0.392 e. The van der Waals surface area contributed by atoms with Gasteiger partial charge in [-0.25, -0.2) is 0 Å². The third kappa shape index (κ3) is 3.24. The molecule has 2 aliphatic rings. The zero-order valence-electron chi connectivity index (χ0n) is 11.2. The smallest absolute Gasteiger partial charge is 0.391 e. The van der Waals surface area contributed by atoms with E-state index in [-0.39, 0.29) is 29.8 Å². The summed E-state index contributed by atoms with van der Waals surface area (Å²) in [6.07, 6.45) is -1.65. The number of thiocarbonyl (C=S) groups is 1. The lowest BCUT2D eigenvalue weighted by molar-refractivity contribution is -0.187. The van der Waals surface area contributed by atoms with Crippen molar-refractivity contribution in [3.05, 3.63) is 0 Å². The van der Waals surface area contributed by atoms with Crippen molar-refractivity contribution < 1.29 is 18.0 Å². The topological polar surface area (TPSA) is 46.3 Å². The van der Waals surface area contributed by atoms with Crippen molar-refractivity contribution >= 4 is 23.1 Å². The molecule has 0 radical (unpaired) electrons. The summed E-state index contributed by atoms with van der Waals surface area (Å²) in [6, 6.07) is -0.274. The lowest BCUT2D eigenvalue weighted by atomic mass is 9.80. The molecule has 3 unspecified atom stereocenters. The maximum Gasteiger partial charge on any atom is 0.391 e. The molecule has 2 N–H and O–H groups in total. The van der Waals surface area contributed by atoms with Crippen molar-refractivity contribution in [3.63, 3.8) is 0 Å². The van der Waals surface area contributed by atoms with Crippen LogP contribution in [0.15, 0.2) is 0 Å². The van der Waals surface area contributed by atoms with Gasteiger partial charge in [0.1, 0.15) is 0 Å². The Kier molecular flexibility index (Phi) is 4.56. The molecule has 20 heavy (non-hydrogen) atoms. The Balaban J connectivity index is 2.03. The highest BCUT2D eigenvalue weighted by molar-refractivity contribution is 7.80. The predicted molar refractivity (Wildman–Crippen MR) is 73.0 cm³/mol. The fraction of sp³-hybridized carbons (Fsp3) is 0.846. The third-order valence-corrected chi connectivity index (χ3v) is 4.62. The molecule has 2 rings (SSSR count). The van der Waals surface area contributed by atoms with E-state index in [1.54, 1.807) is 4.90 Å². The molecule has 3 atom stereocenters. The van der Waals surface area contributed by atoms with Crippen LogP contribution in [0, 0.1) is 11.8 Å². The molecule has 114 valence electrons. The van der Waals surface area contributed by atoms with Crippen LogP contribution in [-0.4, -0.2) is 34.6 Å². The SMILES string of the molecule is NC(=S)C1CCCN1C(=O)C1CCCC(C(F)(F)F)C1. The van der Waals surface area contributed by atoms with Crippen molar-refractivity contribution in [2.24, 2.45) is 17.6 Å². The first-order valence-corrected chi connectivity index (χ1v) is 7.38. The summed E-state index contributed by atoms with van der Waals surface area (Å²) in [5.41, 5.74) is 5.61. The second-order valence-corrected chi connectivity index (χ2v) is 6.17. The molecular formula is C13H19F3N2OS. The fourth-order valence-corrected chi connectivity index (χ4v) is 3.52. The van der Waals surface area contributed by atoms with E-state index in [9.17, 15) is 18.0 Å². The maximum atomic E-state index is 12.8. The van der Waals surface area contributed by atoms with Gasteiger partial charge in [0.2, 0.25) is 5.91 Å². The zero-order valence-corrected chi connectivity index (χ0v) is 12.0. The average molecular weight is 308 g/mol. The Morgan fingerprint density at radius 2 is 1.90 bits per heavy atom. The van der Waals surface area contributed by atoms with Crippen LogP contribution in [0.25, 0.3) is 0 Å². The Bertz CT molecular complexity index is 400. The second kappa shape index (κ2) is 5.87. The number of alkyl halides is 3. The van der Waals surface area contributed by atoms with Crippen molar-refractivity contribution in [2.75, 3.05) is 6.54 Å². The average Bonchev–Trinajstić information content (AvgIpc) is 2.86. The van der Waals surface area contributed by atoms with Gasteiger partial charge in [-0.15, -0.1) is 0 Å². The normalized spacial score (nSPS) is 31.4. The first kappa shape index (κ1) is 15.5. The molecule has 3 nitrogen and oxygen atoms in total. The number of halogens is 3. The quantitative estimate of drug-likeness (QED) is 0.798. The number of carbonyl (C=O) groups is 1. The van der Waals surface area contributed by atoms with Crippen molar-refractivity contribution in [2.45, 2.75) is 50.7 Å². The first-order valence-electron chi connectivity index (χ1n) is 6.97. The summed E-state index contributed by atoms with van der Waals surface area (Å²) in [4.78, 5) is 14.3. The van der Waals surface area contributed by atoms with Gasteiger partial charge < -0.3 is 10.6 Å². The monoisotopic (exact) mass is 308 g/mol. The van der Waals surface area contributed by atoms with Crippen molar-refractivity contribution in [3.8, 4) is 0 Å². The lowest BCUT2D eigenvalue weighted by Crippen LogP contribution is -2.46. The Morgan fingerprint density at radius 1 is 1.20 bits per heavy atom. The number of amides is 1. The first-order chi connectivity index (χ1) is 9.30. The molecule has 1 saturated heterocycles. The van der Waals surface area contributed by atoms with Gasteiger partial charge in [-0.2, -0.15) is 13.2 Å². The van der Waals surface area contributed by atoms with Crippen LogP contribution in [0.2, 0.25) is 0 Å². The second-order valence-electron chi connectivity index (χ2n) is 5.69. The number of rotatable bonds is 2. The zero-order chi connectivity index (χ0) is 14.9. The summed E-state index contributed by atoms with van der Waals surface area (Å²) in [5.74, 6) is -2.09. The highest BCUT2D eigenvalue weighted by atomic mass is 32.1. The van der Waals surface area contributed by atoms with Crippen LogP contribution in [0.1, 0.15) is 38.5 Å². The number of likely N-dealkylation sites (tertiary alicyclic amines) is 1.